The molecule has 2 atom stereocenters. The van der Waals surface area contributed by atoms with Gasteiger partial charge in [0, 0.05) is 49.3 Å². The molecule has 34 heavy (non-hydrogen) atoms. The van der Waals surface area contributed by atoms with Gasteiger partial charge in [0.25, 0.3) is 5.91 Å². The van der Waals surface area contributed by atoms with Crippen LogP contribution in [0.4, 0.5) is 0 Å². The van der Waals surface area contributed by atoms with Gasteiger partial charge in [-0.25, -0.2) is 0 Å². The van der Waals surface area contributed by atoms with E-state index in [0.717, 1.165) is 16.7 Å². The topological polar surface area (TPSA) is 124 Å². The summed E-state index contributed by atoms with van der Waals surface area (Å²) in [4.78, 5) is 24.1. The second-order valence-corrected chi connectivity index (χ2v) is 8.20. The maximum absolute atomic E-state index is 12.4. The van der Waals surface area contributed by atoms with Crippen LogP contribution in [0, 0.1) is 6.92 Å². The minimum absolute atomic E-state index is 0.0428. The molecule has 2 aromatic carbocycles. The van der Waals surface area contributed by atoms with Crippen molar-refractivity contribution in [3.05, 3.63) is 105 Å². The quantitative estimate of drug-likeness (QED) is 0.220. The molecule has 1 heterocycles. The summed E-state index contributed by atoms with van der Waals surface area (Å²) in [6.07, 6.45) is 0.997. The number of amides is 1. The summed E-state index contributed by atoms with van der Waals surface area (Å²) in [5, 5.41) is 34.3. The Morgan fingerprint density at radius 2 is 1.74 bits per heavy atom. The summed E-state index contributed by atoms with van der Waals surface area (Å²) in [5.41, 5.74) is 4.39. The van der Waals surface area contributed by atoms with E-state index in [1.807, 2.05) is 43.3 Å². The van der Waals surface area contributed by atoms with Crippen LogP contribution in [0.2, 0.25) is 0 Å². The molecule has 1 aromatic heterocycles. The maximum atomic E-state index is 12.4. The van der Waals surface area contributed by atoms with Crippen LogP contribution in [0.5, 0.6) is 0 Å². The lowest BCUT2D eigenvalue weighted by atomic mass is 9.83. The minimum Gasteiger partial charge on any atom is -0.411 e. The Morgan fingerprint density at radius 1 is 1.06 bits per heavy atom. The van der Waals surface area contributed by atoms with Crippen LogP contribution in [0.3, 0.4) is 0 Å². The number of carbonyl (C=O) groups is 1. The van der Waals surface area contributed by atoms with E-state index in [1.165, 1.54) is 10.6 Å². The maximum Gasteiger partial charge on any atom is 0.251 e. The van der Waals surface area contributed by atoms with Crippen molar-refractivity contribution in [2.75, 3.05) is 13.2 Å². The summed E-state index contributed by atoms with van der Waals surface area (Å²) >= 11 is 0. The number of aromatic nitrogens is 1. The number of hydrogen-bond donors (Lipinski definition) is 4. The zero-order valence-corrected chi connectivity index (χ0v) is 19.2. The molecular formula is C26H29N3O5. The van der Waals surface area contributed by atoms with Crippen LogP contribution < -0.4 is 10.9 Å². The Bertz CT molecular complexity index is 1220. The number of pyridine rings is 1. The van der Waals surface area contributed by atoms with Crippen molar-refractivity contribution in [1.29, 1.82) is 0 Å². The van der Waals surface area contributed by atoms with Crippen LogP contribution in [-0.4, -0.2) is 50.9 Å². The van der Waals surface area contributed by atoms with E-state index in [4.69, 9.17) is 5.11 Å². The molecule has 178 valence electrons. The molecule has 8 nitrogen and oxygen atoms in total. The highest BCUT2D eigenvalue weighted by atomic mass is 16.4. The molecule has 0 bridgehead atoms. The number of aryl methyl sites for hydroxylation is 2. The average Bonchev–Trinajstić information content (AvgIpc) is 2.85. The van der Waals surface area contributed by atoms with Crippen LogP contribution in [0.15, 0.2) is 76.8 Å². The lowest BCUT2D eigenvalue weighted by Gasteiger charge is -2.21. The van der Waals surface area contributed by atoms with Gasteiger partial charge in [-0.3, -0.25) is 9.59 Å². The first-order valence-corrected chi connectivity index (χ1v) is 10.9. The molecule has 3 aromatic rings. The third-order valence-corrected chi connectivity index (χ3v) is 5.79. The van der Waals surface area contributed by atoms with Crippen molar-refractivity contribution >= 4 is 11.6 Å². The number of aliphatic hydroxyl groups excluding tert-OH is 2. The van der Waals surface area contributed by atoms with E-state index in [2.05, 4.69) is 10.5 Å². The highest BCUT2D eigenvalue weighted by Gasteiger charge is 2.21. The molecule has 8 heteroatoms. The van der Waals surface area contributed by atoms with Crippen LogP contribution in [-0.2, 0) is 7.05 Å². The minimum atomic E-state index is -1.01. The first-order chi connectivity index (χ1) is 16.3. The summed E-state index contributed by atoms with van der Waals surface area (Å²) in [7, 11) is 1.64. The van der Waals surface area contributed by atoms with Crippen molar-refractivity contribution in [2.45, 2.75) is 25.4 Å². The summed E-state index contributed by atoms with van der Waals surface area (Å²) < 4.78 is 1.43. The van der Waals surface area contributed by atoms with Crippen LogP contribution >= 0.6 is 0 Å². The molecule has 0 aliphatic rings. The number of nitrogens with zero attached hydrogens (tertiary/aromatic N) is 2. The second-order valence-electron chi connectivity index (χ2n) is 8.20. The Kier molecular flexibility index (Phi) is 8.34. The highest BCUT2D eigenvalue weighted by Crippen LogP contribution is 2.32. The van der Waals surface area contributed by atoms with E-state index in [0.29, 0.717) is 23.3 Å². The number of nitrogens with one attached hydrogen (secondary N) is 1. The zero-order valence-electron chi connectivity index (χ0n) is 19.2. The molecule has 0 aliphatic heterocycles. The molecule has 0 saturated carbocycles. The third kappa shape index (κ3) is 5.98. The van der Waals surface area contributed by atoms with Crippen molar-refractivity contribution in [3.63, 3.8) is 0 Å². The lowest BCUT2D eigenvalue weighted by molar-refractivity contribution is 0.0802. The lowest BCUT2D eigenvalue weighted by Crippen LogP contribution is -2.33. The number of carbonyl (C=O) groups excluding carboxylic acids is 1. The Balaban J connectivity index is 1.92. The molecule has 1 unspecified atom stereocenters. The predicted octanol–water partition coefficient (Wildman–Crippen LogP) is 2.18. The van der Waals surface area contributed by atoms with Gasteiger partial charge in [-0.2, -0.15) is 0 Å². The largest absolute Gasteiger partial charge is 0.411 e. The molecule has 0 fully saturated rings. The van der Waals surface area contributed by atoms with Crippen LogP contribution in [0.25, 0.3) is 0 Å². The Hall–Kier alpha value is -3.75. The first-order valence-electron chi connectivity index (χ1n) is 10.9. The van der Waals surface area contributed by atoms with Gasteiger partial charge < -0.3 is 25.3 Å². The van der Waals surface area contributed by atoms with Gasteiger partial charge in [-0.05, 0) is 41.8 Å². The fraction of sp³-hybridized carbons (Fsp3) is 0.269. The predicted molar refractivity (Wildman–Crippen MR) is 130 cm³/mol. The van der Waals surface area contributed by atoms with E-state index < -0.39 is 12.7 Å². The van der Waals surface area contributed by atoms with E-state index in [-0.39, 0.29) is 23.9 Å². The molecule has 0 spiro atoms. The van der Waals surface area contributed by atoms with Gasteiger partial charge in [0.1, 0.15) is 0 Å². The first kappa shape index (κ1) is 24.9. The molecule has 4 N–H and O–H groups in total. The SMILES string of the molecule is Cc1ccccc1C(C/C(=N/O)c1ccc(=O)n(C)c1)c1ccc(C(=O)NC[C@@H](O)CO)cc1. The average molecular weight is 464 g/mol. The Labute approximate surface area is 197 Å². The third-order valence-electron chi connectivity index (χ3n) is 5.79. The molecular weight excluding hydrogens is 434 g/mol. The van der Waals surface area contributed by atoms with Crippen molar-refractivity contribution in [1.82, 2.24) is 9.88 Å². The molecule has 0 aliphatic carbocycles. The number of hydrogen-bond acceptors (Lipinski definition) is 6. The van der Waals surface area contributed by atoms with Crippen molar-refractivity contribution < 1.29 is 20.2 Å². The van der Waals surface area contributed by atoms with Gasteiger partial charge in [-0.1, -0.05) is 41.6 Å². The molecule has 1 amide bonds. The van der Waals surface area contributed by atoms with E-state index in [1.54, 1.807) is 31.4 Å². The van der Waals surface area contributed by atoms with Crippen LogP contribution in [0.1, 0.15) is 45.0 Å². The number of benzene rings is 2. The Morgan fingerprint density at radius 3 is 2.35 bits per heavy atom. The van der Waals surface area contributed by atoms with E-state index in [9.17, 15) is 19.9 Å². The van der Waals surface area contributed by atoms with Gasteiger partial charge >= 0.3 is 0 Å². The fourth-order valence-corrected chi connectivity index (χ4v) is 3.80. The monoisotopic (exact) mass is 463 g/mol. The number of oxime groups is 1. The summed E-state index contributed by atoms with van der Waals surface area (Å²) in [5.74, 6) is -0.521. The number of aliphatic hydroxyl groups is 2. The normalized spacial score (nSPS) is 13.4. The smallest absolute Gasteiger partial charge is 0.251 e. The molecule has 0 saturated heterocycles. The van der Waals surface area contributed by atoms with E-state index >= 15 is 0 Å². The van der Waals surface area contributed by atoms with Gasteiger partial charge in [0.2, 0.25) is 5.56 Å². The fourth-order valence-electron chi connectivity index (χ4n) is 3.80. The van der Waals surface area contributed by atoms with Crippen molar-refractivity contribution in [2.24, 2.45) is 12.2 Å². The van der Waals surface area contributed by atoms with Gasteiger partial charge in [-0.15, -0.1) is 0 Å². The van der Waals surface area contributed by atoms with Gasteiger partial charge in [0.15, 0.2) is 0 Å². The zero-order chi connectivity index (χ0) is 24.7. The summed E-state index contributed by atoms with van der Waals surface area (Å²) in [6, 6.07) is 18.1. The standard InChI is InChI=1S/C26H29N3O5/c1-17-5-3-4-6-22(17)23(13-24(28-34)20-11-12-25(32)29(2)15-20)18-7-9-19(10-8-18)26(33)27-14-21(31)16-30/h3-12,15,21,23,30-31,34H,13-14,16H2,1-2H3,(H,27,33)/b28-24-/t21-,23?/m1/s1. The second kappa shape index (κ2) is 11.4. The molecule has 3 rings (SSSR count). The number of rotatable bonds is 9. The van der Waals surface area contributed by atoms with Crippen molar-refractivity contribution in [3.8, 4) is 0 Å². The highest BCUT2D eigenvalue weighted by molar-refractivity contribution is 6.00. The summed E-state index contributed by atoms with van der Waals surface area (Å²) in [6.45, 7) is 1.54. The molecule has 0 radical (unpaired) electrons. The van der Waals surface area contributed by atoms with Gasteiger partial charge in [0.05, 0.1) is 18.4 Å².